The van der Waals surface area contributed by atoms with Crippen LogP contribution in [0.3, 0.4) is 0 Å². The largest absolute Gasteiger partial charge is 0.368 e. The first-order valence-electron chi connectivity index (χ1n) is 7.26. The molecular formula is C19H16N2O2. The summed E-state index contributed by atoms with van der Waals surface area (Å²) in [4.78, 5) is 18.6. The highest BCUT2D eigenvalue weighted by Gasteiger charge is 2.25. The van der Waals surface area contributed by atoms with Crippen LogP contribution < -0.4 is 0 Å². The molecule has 0 bridgehead atoms. The van der Waals surface area contributed by atoms with Gasteiger partial charge in [-0.2, -0.15) is 0 Å². The van der Waals surface area contributed by atoms with Crippen molar-refractivity contribution in [3.63, 3.8) is 0 Å². The molecule has 1 aromatic rings. The summed E-state index contributed by atoms with van der Waals surface area (Å²) in [5.74, 6) is -0.430. The van der Waals surface area contributed by atoms with Crippen LogP contribution in [0, 0.1) is 0 Å². The van der Waals surface area contributed by atoms with Crippen LogP contribution in [-0.4, -0.2) is 23.6 Å². The zero-order chi connectivity index (χ0) is 16.1. The lowest BCUT2D eigenvalue weighted by atomic mass is 10.0. The molecule has 23 heavy (non-hydrogen) atoms. The molecule has 0 aromatic heterocycles. The van der Waals surface area contributed by atoms with Crippen molar-refractivity contribution < 1.29 is 9.63 Å². The molecule has 0 unspecified atom stereocenters. The Morgan fingerprint density at radius 3 is 2.48 bits per heavy atom. The molecule has 2 aliphatic heterocycles. The summed E-state index contributed by atoms with van der Waals surface area (Å²) in [5, 5.41) is 3.87. The van der Waals surface area contributed by atoms with Crippen LogP contribution in [0.5, 0.6) is 0 Å². The van der Waals surface area contributed by atoms with Crippen molar-refractivity contribution >= 4 is 11.7 Å². The summed E-state index contributed by atoms with van der Waals surface area (Å²) in [5.41, 5.74) is 2.97. The minimum absolute atomic E-state index is 0.430. The van der Waals surface area contributed by atoms with Crippen molar-refractivity contribution in [3.05, 3.63) is 95.9 Å². The highest BCUT2D eigenvalue weighted by Crippen LogP contribution is 2.18. The van der Waals surface area contributed by atoms with E-state index >= 15 is 0 Å². The molecule has 2 heterocycles. The second-order valence-corrected chi connectivity index (χ2v) is 5.11. The number of allylic oxidation sites excluding steroid dienone is 7. The molecule has 0 radical (unpaired) electrons. The summed E-state index contributed by atoms with van der Waals surface area (Å²) in [6.07, 6.45) is 15.4. The van der Waals surface area contributed by atoms with Crippen molar-refractivity contribution in [3.8, 4) is 0 Å². The Balaban J connectivity index is 1.76. The van der Waals surface area contributed by atoms with E-state index in [9.17, 15) is 4.79 Å². The number of benzene rings is 1. The van der Waals surface area contributed by atoms with Gasteiger partial charge < -0.3 is 9.74 Å². The molecule has 4 heteroatoms. The first kappa shape index (κ1) is 14.8. The molecule has 0 aliphatic carbocycles. The van der Waals surface area contributed by atoms with Crippen molar-refractivity contribution in [2.75, 3.05) is 7.05 Å². The summed E-state index contributed by atoms with van der Waals surface area (Å²) in [6.45, 7) is 0. The van der Waals surface area contributed by atoms with Gasteiger partial charge in [-0.1, -0.05) is 53.7 Å². The molecule has 0 saturated carbocycles. The number of hydrogen-bond donors (Lipinski definition) is 0. The lowest BCUT2D eigenvalue weighted by molar-refractivity contribution is -0.136. The van der Waals surface area contributed by atoms with E-state index < -0.39 is 5.97 Å². The Hall–Kier alpha value is -3.14. The predicted molar refractivity (Wildman–Crippen MR) is 90.4 cm³/mol. The van der Waals surface area contributed by atoms with Crippen LogP contribution in [-0.2, 0) is 9.63 Å². The topological polar surface area (TPSA) is 41.9 Å². The quantitative estimate of drug-likeness (QED) is 0.635. The third kappa shape index (κ3) is 3.55. The van der Waals surface area contributed by atoms with Gasteiger partial charge in [0, 0.05) is 25.0 Å². The van der Waals surface area contributed by atoms with E-state index in [1.54, 1.807) is 6.08 Å². The molecule has 0 spiro atoms. The normalized spacial score (nSPS) is 18.7. The molecule has 1 aromatic carbocycles. The fourth-order valence-electron chi connectivity index (χ4n) is 2.18. The van der Waals surface area contributed by atoms with Gasteiger partial charge in [-0.15, -0.1) is 0 Å². The second-order valence-electron chi connectivity index (χ2n) is 5.11. The fraction of sp³-hybridized carbons (Fsp3) is 0.0526. The van der Waals surface area contributed by atoms with Gasteiger partial charge in [0.25, 0.3) is 0 Å². The van der Waals surface area contributed by atoms with Crippen molar-refractivity contribution in [2.45, 2.75) is 0 Å². The maximum atomic E-state index is 11.8. The van der Waals surface area contributed by atoms with E-state index in [1.165, 1.54) is 0 Å². The fourth-order valence-corrected chi connectivity index (χ4v) is 2.18. The second kappa shape index (κ2) is 6.75. The van der Waals surface area contributed by atoms with E-state index in [0.29, 0.717) is 11.3 Å². The van der Waals surface area contributed by atoms with Crippen LogP contribution in [0.15, 0.2) is 95.5 Å². The van der Waals surface area contributed by atoms with Gasteiger partial charge in [0.05, 0.1) is 5.57 Å². The zero-order valence-corrected chi connectivity index (χ0v) is 12.7. The van der Waals surface area contributed by atoms with Crippen LogP contribution in [0.2, 0.25) is 0 Å². The van der Waals surface area contributed by atoms with Gasteiger partial charge in [-0.3, -0.25) is 0 Å². The SMILES string of the molecule is CN1C=CC(=CC=CC=C2C(=O)ON=C2c2ccccc2)C=C1. The molecular weight excluding hydrogens is 288 g/mol. The summed E-state index contributed by atoms with van der Waals surface area (Å²) < 4.78 is 0. The number of carbonyl (C=O) groups excluding carboxylic acids is 1. The van der Waals surface area contributed by atoms with Gasteiger partial charge >= 0.3 is 5.97 Å². The average Bonchev–Trinajstić information content (AvgIpc) is 2.95. The Bertz CT molecular complexity index is 765. The zero-order valence-electron chi connectivity index (χ0n) is 12.7. The van der Waals surface area contributed by atoms with Crippen LogP contribution in [0.4, 0.5) is 0 Å². The smallest absolute Gasteiger partial charge is 0.357 e. The molecule has 0 atom stereocenters. The summed E-state index contributed by atoms with van der Waals surface area (Å²) in [6, 6.07) is 9.51. The van der Waals surface area contributed by atoms with Gasteiger partial charge in [0.2, 0.25) is 0 Å². The number of rotatable bonds is 3. The lowest BCUT2D eigenvalue weighted by Crippen LogP contribution is -2.06. The van der Waals surface area contributed by atoms with Crippen molar-refractivity contribution in [1.82, 2.24) is 4.90 Å². The van der Waals surface area contributed by atoms with E-state index in [0.717, 1.165) is 11.1 Å². The Morgan fingerprint density at radius 2 is 1.74 bits per heavy atom. The van der Waals surface area contributed by atoms with E-state index in [2.05, 4.69) is 5.16 Å². The Kier molecular flexibility index (Phi) is 4.34. The number of hydrogen-bond acceptors (Lipinski definition) is 4. The molecule has 0 saturated heterocycles. The molecule has 0 N–H and O–H groups in total. The van der Waals surface area contributed by atoms with E-state index in [4.69, 9.17) is 4.84 Å². The Morgan fingerprint density at radius 1 is 1.04 bits per heavy atom. The van der Waals surface area contributed by atoms with E-state index in [-0.39, 0.29) is 0 Å². The van der Waals surface area contributed by atoms with Gasteiger partial charge in [-0.25, -0.2) is 4.79 Å². The first-order chi connectivity index (χ1) is 11.2. The molecule has 3 rings (SSSR count). The standard InChI is InChI=1S/C19H16N2O2/c1-21-13-11-15(12-14-21)7-5-6-10-17-18(20-23-19(17)22)16-8-3-2-4-9-16/h2-14H,1H3. The molecule has 4 nitrogen and oxygen atoms in total. The van der Waals surface area contributed by atoms with Gasteiger partial charge in [0.1, 0.15) is 5.71 Å². The highest BCUT2D eigenvalue weighted by molar-refractivity contribution is 6.28. The summed E-state index contributed by atoms with van der Waals surface area (Å²) >= 11 is 0. The maximum absolute atomic E-state index is 11.8. The minimum atomic E-state index is -0.430. The van der Waals surface area contributed by atoms with Gasteiger partial charge in [0.15, 0.2) is 0 Å². The van der Waals surface area contributed by atoms with E-state index in [1.807, 2.05) is 85.1 Å². The first-order valence-corrected chi connectivity index (χ1v) is 7.26. The van der Waals surface area contributed by atoms with Crippen LogP contribution >= 0.6 is 0 Å². The third-order valence-corrected chi connectivity index (χ3v) is 3.41. The maximum Gasteiger partial charge on any atom is 0.368 e. The monoisotopic (exact) mass is 304 g/mol. The molecule has 2 aliphatic rings. The molecule has 0 amide bonds. The predicted octanol–water partition coefficient (Wildman–Crippen LogP) is 3.33. The van der Waals surface area contributed by atoms with Crippen LogP contribution in [0.25, 0.3) is 0 Å². The van der Waals surface area contributed by atoms with Gasteiger partial charge in [-0.05, 0) is 23.8 Å². The highest BCUT2D eigenvalue weighted by atomic mass is 16.7. The van der Waals surface area contributed by atoms with Crippen molar-refractivity contribution in [2.24, 2.45) is 5.16 Å². The molecule has 114 valence electrons. The minimum Gasteiger partial charge on any atom is -0.357 e. The number of nitrogens with zero attached hydrogens (tertiary/aromatic N) is 2. The summed E-state index contributed by atoms with van der Waals surface area (Å²) in [7, 11) is 1.97. The van der Waals surface area contributed by atoms with Crippen LogP contribution in [0.1, 0.15) is 5.56 Å². The third-order valence-electron chi connectivity index (χ3n) is 3.41. The Labute approximate surface area is 135 Å². The number of carbonyl (C=O) groups is 1. The molecule has 0 fully saturated rings. The number of oxime groups is 1. The van der Waals surface area contributed by atoms with Crippen molar-refractivity contribution in [1.29, 1.82) is 0 Å². The lowest BCUT2D eigenvalue weighted by Gasteiger charge is -2.11. The average molecular weight is 304 g/mol.